The number of ether oxygens (including phenoxy) is 1. The molecule has 6 nitrogen and oxygen atoms in total. The Bertz CT molecular complexity index is 758. The van der Waals surface area contributed by atoms with E-state index >= 15 is 0 Å². The minimum absolute atomic E-state index is 0.0613. The number of nitrogens with zero attached hydrogens (tertiary/aromatic N) is 1. The molecule has 0 spiro atoms. The average Bonchev–Trinajstić information content (AvgIpc) is 2.63. The molecular weight excluding hydrogens is 340 g/mol. The third-order valence-electron chi connectivity index (χ3n) is 4.14. The summed E-state index contributed by atoms with van der Waals surface area (Å²) in [4.78, 5) is 10.3. The Morgan fingerprint density at radius 2 is 1.84 bits per heavy atom. The molecule has 1 heterocycles. The Labute approximate surface area is 148 Å². The van der Waals surface area contributed by atoms with Gasteiger partial charge in [-0.3, -0.25) is 14.3 Å². The molecule has 1 aliphatic heterocycles. The third-order valence-corrected chi connectivity index (χ3v) is 5.98. The Morgan fingerprint density at radius 1 is 1.12 bits per heavy atom. The molecule has 1 unspecified atom stereocenters. The lowest BCUT2D eigenvalue weighted by molar-refractivity contribution is -0.384. The first-order valence-corrected chi connectivity index (χ1v) is 9.55. The van der Waals surface area contributed by atoms with Gasteiger partial charge in [0.25, 0.3) is 5.69 Å². The maximum atomic E-state index is 12.5. The lowest BCUT2D eigenvalue weighted by Gasteiger charge is -2.21. The highest BCUT2D eigenvalue weighted by Gasteiger charge is 2.20. The van der Waals surface area contributed by atoms with Crippen LogP contribution in [-0.2, 0) is 21.3 Å². The summed E-state index contributed by atoms with van der Waals surface area (Å²) in [6.07, 6.45) is 1.71. The smallest absolute Gasteiger partial charge is 0.269 e. The Hall–Kier alpha value is -2.25. The molecule has 2 aromatic carbocycles. The molecule has 1 atom stereocenters. The number of anilines is 2. The lowest BCUT2D eigenvalue weighted by Crippen LogP contribution is -2.25. The monoisotopic (exact) mass is 360 g/mol. The van der Waals surface area contributed by atoms with Crippen molar-refractivity contribution in [3.05, 3.63) is 64.2 Å². The number of hydrogen-bond acceptors (Lipinski definition) is 5. The van der Waals surface area contributed by atoms with Gasteiger partial charge in [0.1, 0.15) is 0 Å². The van der Waals surface area contributed by atoms with Gasteiger partial charge < -0.3 is 10.1 Å². The lowest BCUT2D eigenvalue weighted by atomic mass is 10.2. The average molecular weight is 360 g/mol. The molecule has 2 aromatic rings. The van der Waals surface area contributed by atoms with E-state index in [-0.39, 0.29) is 10.9 Å². The van der Waals surface area contributed by atoms with E-state index in [0.29, 0.717) is 19.0 Å². The van der Waals surface area contributed by atoms with Crippen LogP contribution in [0.5, 0.6) is 0 Å². The Kier molecular flexibility index (Phi) is 5.78. The van der Waals surface area contributed by atoms with Crippen molar-refractivity contribution in [2.24, 2.45) is 0 Å². The normalized spacial score (nSPS) is 16.3. The van der Waals surface area contributed by atoms with E-state index in [0.717, 1.165) is 29.8 Å². The van der Waals surface area contributed by atoms with Crippen molar-refractivity contribution in [3.63, 3.8) is 0 Å². The summed E-state index contributed by atoms with van der Waals surface area (Å²) in [6, 6.07) is 14.1. The van der Waals surface area contributed by atoms with Crippen LogP contribution in [0.2, 0.25) is 0 Å². The molecule has 1 fully saturated rings. The zero-order chi connectivity index (χ0) is 17.6. The van der Waals surface area contributed by atoms with E-state index in [4.69, 9.17) is 4.74 Å². The first-order valence-electron chi connectivity index (χ1n) is 8.17. The summed E-state index contributed by atoms with van der Waals surface area (Å²) in [5, 5.41) is 14.1. The summed E-state index contributed by atoms with van der Waals surface area (Å²) >= 11 is 0. The van der Waals surface area contributed by atoms with Crippen LogP contribution in [0.25, 0.3) is 0 Å². The molecule has 1 saturated heterocycles. The second-order valence-corrected chi connectivity index (χ2v) is 7.68. The maximum Gasteiger partial charge on any atom is 0.269 e. The van der Waals surface area contributed by atoms with Crippen molar-refractivity contribution in [1.29, 1.82) is 0 Å². The molecule has 1 N–H and O–H groups in total. The van der Waals surface area contributed by atoms with E-state index in [9.17, 15) is 14.3 Å². The number of non-ortho nitro benzene ring substituents is 1. The van der Waals surface area contributed by atoms with Crippen LogP contribution in [0.15, 0.2) is 48.5 Å². The SMILES string of the molecule is O=[N+]([O-])c1ccc(Nc2cccc(CS(=O)C3CCOCC3)c2)cc1. The fourth-order valence-electron chi connectivity index (χ4n) is 2.79. The van der Waals surface area contributed by atoms with E-state index in [2.05, 4.69) is 5.32 Å². The topological polar surface area (TPSA) is 81.5 Å². The van der Waals surface area contributed by atoms with Gasteiger partial charge in [0, 0.05) is 58.5 Å². The zero-order valence-electron chi connectivity index (χ0n) is 13.7. The first kappa shape index (κ1) is 17.6. The van der Waals surface area contributed by atoms with E-state index in [1.807, 2.05) is 24.3 Å². The molecule has 0 bridgehead atoms. The number of benzene rings is 2. The van der Waals surface area contributed by atoms with Crippen molar-refractivity contribution in [3.8, 4) is 0 Å². The summed E-state index contributed by atoms with van der Waals surface area (Å²) in [5.41, 5.74) is 2.71. The number of nitro benzene ring substituents is 1. The summed E-state index contributed by atoms with van der Waals surface area (Å²) < 4.78 is 17.8. The highest BCUT2D eigenvalue weighted by molar-refractivity contribution is 7.84. The molecule has 0 saturated carbocycles. The molecule has 0 aliphatic carbocycles. The van der Waals surface area contributed by atoms with Gasteiger partial charge in [0.2, 0.25) is 0 Å². The summed E-state index contributed by atoms with van der Waals surface area (Å²) in [5.74, 6) is 0.528. The maximum absolute atomic E-state index is 12.5. The predicted octanol–water partition coefficient (Wildman–Crippen LogP) is 3.77. The Morgan fingerprint density at radius 3 is 2.52 bits per heavy atom. The van der Waals surface area contributed by atoms with Crippen molar-refractivity contribution >= 4 is 27.9 Å². The molecule has 3 rings (SSSR count). The van der Waals surface area contributed by atoms with Gasteiger partial charge in [-0.2, -0.15) is 0 Å². The molecule has 0 radical (unpaired) electrons. The highest BCUT2D eigenvalue weighted by Crippen LogP contribution is 2.22. The predicted molar refractivity (Wildman–Crippen MR) is 98.5 cm³/mol. The van der Waals surface area contributed by atoms with Crippen LogP contribution in [0.4, 0.5) is 17.1 Å². The molecule has 0 aromatic heterocycles. The van der Waals surface area contributed by atoms with E-state index in [1.165, 1.54) is 12.1 Å². The number of nitrogens with one attached hydrogen (secondary N) is 1. The van der Waals surface area contributed by atoms with Gasteiger partial charge in [0.15, 0.2) is 0 Å². The van der Waals surface area contributed by atoms with Crippen molar-refractivity contribution < 1.29 is 13.9 Å². The molecule has 132 valence electrons. The minimum Gasteiger partial charge on any atom is -0.381 e. The third kappa shape index (κ3) is 4.87. The van der Waals surface area contributed by atoms with Gasteiger partial charge in [-0.05, 0) is 42.7 Å². The summed E-state index contributed by atoms with van der Waals surface area (Å²) in [7, 11) is -0.903. The van der Waals surface area contributed by atoms with Gasteiger partial charge >= 0.3 is 0 Å². The molecule has 25 heavy (non-hydrogen) atoms. The largest absolute Gasteiger partial charge is 0.381 e. The van der Waals surface area contributed by atoms with Gasteiger partial charge in [0.05, 0.1) is 4.92 Å². The standard InChI is InChI=1S/C18H20N2O4S/c21-20(22)17-6-4-15(5-7-17)19-16-3-1-2-14(12-16)13-25(23)18-8-10-24-11-9-18/h1-7,12,18-19H,8-11,13H2. The second-order valence-electron chi connectivity index (χ2n) is 5.97. The second kappa shape index (κ2) is 8.22. The van der Waals surface area contributed by atoms with Crippen LogP contribution < -0.4 is 5.32 Å². The summed E-state index contributed by atoms with van der Waals surface area (Å²) in [6.45, 7) is 1.39. The van der Waals surface area contributed by atoms with Crippen molar-refractivity contribution in [2.75, 3.05) is 18.5 Å². The Balaban J connectivity index is 1.64. The quantitative estimate of drug-likeness (QED) is 0.626. The minimum atomic E-state index is -0.903. The van der Waals surface area contributed by atoms with E-state index < -0.39 is 15.7 Å². The van der Waals surface area contributed by atoms with Gasteiger partial charge in [-0.1, -0.05) is 12.1 Å². The molecular formula is C18H20N2O4S. The van der Waals surface area contributed by atoms with Crippen LogP contribution in [0.3, 0.4) is 0 Å². The number of hydrogen-bond donors (Lipinski definition) is 1. The van der Waals surface area contributed by atoms with Crippen LogP contribution >= 0.6 is 0 Å². The van der Waals surface area contributed by atoms with Crippen LogP contribution in [-0.4, -0.2) is 27.6 Å². The first-order chi connectivity index (χ1) is 12.1. The number of nitro groups is 1. The number of rotatable bonds is 6. The highest BCUT2D eigenvalue weighted by atomic mass is 32.2. The zero-order valence-corrected chi connectivity index (χ0v) is 14.5. The van der Waals surface area contributed by atoms with Gasteiger partial charge in [-0.25, -0.2) is 0 Å². The fraction of sp³-hybridized carbons (Fsp3) is 0.333. The fourth-order valence-corrected chi connectivity index (χ4v) is 4.26. The van der Waals surface area contributed by atoms with Crippen molar-refractivity contribution in [1.82, 2.24) is 0 Å². The van der Waals surface area contributed by atoms with Crippen molar-refractivity contribution in [2.45, 2.75) is 23.8 Å². The molecule has 1 aliphatic rings. The van der Waals surface area contributed by atoms with E-state index in [1.54, 1.807) is 12.1 Å². The van der Waals surface area contributed by atoms with Crippen LogP contribution in [0, 0.1) is 10.1 Å². The molecule has 0 amide bonds. The van der Waals surface area contributed by atoms with Gasteiger partial charge in [-0.15, -0.1) is 0 Å². The van der Waals surface area contributed by atoms with Crippen LogP contribution in [0.1, 0.15) is 18.4 Å². The molecule has 7 heteroatoms.